The zero-order chi connectivity index (χ0) is 23.2. The van der Waals surface area contributed by atoms with Crippen LogP contribution in [0.15, 0.2) is 24.5 Å². The number of fused-ring (bicyclic) bond motifs is 1. The molecule has 1 aliphatic rings. The van der Waals surface area contributed by atoms with Crippen LogP contribution in [0.25, 0.3) is 10.9 Å². The van der Waals surface area contributed by atoms with E-state index in [0.717, 1.165) is 35.6 Å². The highest BCUT2D eigenvalue weighted by Crippen LogP contribution is 2.37. The summed E-state index contributed by atoms with van der Waals surface area (Å²) in [6.45, 7) is 8.00. The van der Waals surface area contributed by atoms with Crippen molar-refractivity contribution in [3.8, 4) is 0 Å². The predicted octanol–water partition coefficient (Wildman–Crippen LogP) is 5.29. The lowest BCUT2D eigenvalue weighted by atomic mass is 9.80. The number of halogens is 1. The van der Waals surface area contributed by atoms with Gasteiger partial charge in [0.15, 0.2) is 5.69 Å². The van der Waals surface area contributed by atoms with Gasteiger partial charge in [-0.15, -0.1) is 0 Å². The number of benzene rings is 1. The van der Waals surface area contributed by atoms with Crippen LogP contribution < -0.4 is 5.32 Å². The number of aromatic nitrogens is 4. The van der Waals surface area contributed by atoms with Gasteiger partial charge in [0.25, 0.3) is 5.91 Å². The first-order chi connectivity index (χ1) is 15.0. The molecule has 0 unspecified atom stereocenters. The Morgan fingerprint density at radius 3 is 2.44 bits per heavy atom. The number of rotatable bonds is 5. The molecule has 1 amide bonds. The third-order valence-electron chi connectivity index (χ3n) is 6.63. The Morgan fingerprint density at radius 1 is 1.19 bits per heavy atom. The maximum absolute atomic E-state index is 12.8. The average molecular weight is 458 g/mol. The van der Waals surface area contributed by atoms with Crippen LogP contribution >= 0.6 is 11.6 Å². The van der Waals surface area contributed by atoms with Gasteiger partial charge >= 0.3 is 0 Å². The summed E-state index contributed by atoms with van der Waals surface area (Å²) in [6, 6.07) is 4.12. The highest BCUT2D eigenvalue weighted by Gasteiger charge is 2.27. The lowest BCUT2D eigenvalue weighted by molar-refractivity contribution is 0.0793. The van der Waals surface area contributed by atoms with E-state index in [9.17, 15) is 9.90 Å². The molecular formula is C24H32ClN5O2. The smallest absolute Gasteiger partial charge is 0.277 e. The standard InChI is InChI=1S/C24H32ClN5O2/c1-14(2)15-6-8-17(9-7-15)30-12-16-10-21(18(24(3,4)32)11-20(16)27-30)26-23(31)22-19(25)13-29(5)28-22/h10-15,17,32H,6-9H2,1-5H3,(H,26,31). The summed E-state index contributed by atoms with van der Waals surface area (Å²) in [5.41, 5.74) is 0.915. The Hall–Kier alpha value is -2.38. The highest BCUT2D eigenvalue weighted by atomic mass is 35.5. The van der Waals surface area contributed by atoms with Crippen LogP contribution in [0.4, 0.5) is 5.69 Å². The summed E-state index contributed by atoms with van der Waals surface area (Å²) in [5, 5.41) is 23.8. The molecule has 1 aliphatic carbocycles. The maximum Gasteiger partial charge on any atom is 0.277 e. The number of aliphatic hydroxyl groups is 1. The normalized spacial score (nSPS) is 19.6. The van der Waals surface area contributed by atoms with Crippen LogP contribution in [0.5, 0.6) is 0 Å². The Kier molecular flexibility index (Phi) is 6.07. The summed E-state index contributed by atoms with van der Waals surface area (Å²) in [7, 11) is 1.71. The lowest BCUT2D eigenvalue weighted by Gasteiger charge is -2.30. The van der Waals surface area contributed by atoms with Crippen molar-refractivity contribution in [2.45, 2.75) is 65.0 Å². The van der Waals surface area contributed by atoms with Crippen molar-refractivity contribution in [1.82, 2.24) is 19.6 Å². The molecule has 0 bridgehead atoms. The van der Waals surface area contributed by atoms with Gasteiger partial charge in [0, 0.05) is 36.1 Å². The number of nitrogens with zero attached hydrogens (tertiary/aromatic N) is 4. The van der Waals surface area contributed by atoms with Gasteiger partial charge in [0.2, 0.25) is 0 Å². The Bertz CT molecular complexity index is 1130. The third kappa shape index (κ3) is 4.55. The van der Waals surface area contributed by atoms with E-state index in [1.807, 2.05) is 18.3 Å². The van der Waals surface area contributed by atoms with Crippen LogP contribution in [0.1, 0.15) is 75.5 Å². The third-order valence-corrected chi connectivity index (χ3v) is 6.90. The number of amides is 1. The van der Waals surface area contributed by atoms with E-state index in [-0.39, 0.29) is 10.7 Å². The first-order valence-corrected chi connectivity index (χ1v) is 11.7. The largest absolute Gasteiger partial charge is 0.386 e. The SMILES string of the molecule is CC(C)C1CCC(n2cc3cc(NC(=O)c4nn(C)cc4Cl)c(C(C)(C)O)cc3n2)CC1. The van der Waals surface area contributed by atoms with Crippen molar-refractivity contribution < 1.29 is 9.90 Å². The van der Waals surface area contributed by atoms with Gasteiger partial charge < -0.3 is 10.4 Å². The second-order valence-corrected chi connectivity index (χ2v) is 10.3. The van der Waals surface area contributed by atoms with Crippen molar-refractivity contribution in [2.75, 3.05) is 5.32 Å². The second kappa shape index (κ2) is 8.52. The molecule has 0 radical (unpaired) electrons. The van der Waals surface area contributed by atoms with Crippen molar-refractivity contribution >= 4 is 34.1 Å². The molecule has 1 aromatic carbocycles. The first kappa shape index (κ1) is 22.8. The fraction of sp³-hybridized carbons (Fsp3) is 0.542. The monoisotopic (exact) mass is 457 g/mol. The molecule has 3 aromatic rings. The Morgan fingerprint density at radius 2 is 1.88 bits per heavy atom. The predicted molar refractivity (Wildman–Crippen MR) is 127 cm³/mol. The molecule has 1 fully saturated rings. The second-order valence-electron chi connectivity index (χ2n) is 9.89. The van der Waals surface area contributed by atoms with Crippen LogP contribution in [-0.4, -0.2) is 30.6 Å². The number of nitrogens with one attached hydrogen (secondary N) is 1. The lowest BCUT2D eigenvalue weighted by Crippen LogP contribution is -2.21. The van der Waals surface area contributed by atoms with E-state index in [1.54, 1.807) is 27.1 Å². The number of anilines is 1. The number of hydrogen-bond donors (Lipinski definition) is 2. The molecule has 4 rings (SSSR count). The molecule has 7 nitrogen and oxygen atoms in total. The van der Waals surface area contributed by atoms with E-state index < -0.39 is 11.5 Å². The van der Waals surface area contributed by atoms with Gasteiger partial charge in [-0.05, 0) is 63.5 Å². The molecular weight excluding hydrogens is 426 g/mol. The molecule has 2 aromatic heterocycles. The quantitative estimate of drug-likeness (QED) is 0.545. The minimum absolute atomic E-state index is 0.147. The highest BCUT2D eigenvalue weighted by molar-refractivity contribution is 6.34. The first-order valence-electron chi connectivity index (χ1n) is 11.3. The van der Waals surface area contributed by atoms with Crippen LogP contribution in [0.3, 0.4) is 0 Å². The maximum atomic E-state index is 12.8. The molecule has 172 valence electrons. The fourth-order valence-electron chi connectivity index (χ4n) is 4.72. The average Bonchev–Trinajstić information content (AvgIpc) is 3.28. The molecule has 2 N–H and O–H groups in total. The van der Waals surface area contributed by atoms with Crippen molar-refractivity contribution in [3.05, 3.63) is 40.8 Å². The number of carbonyl (C=O) groups is 1. The molecule has 0 atom stereocenters. The summed E-state index contributed by atoms with van der Waals surface area (Å²) in [4.78, 5) is 12.8. The van der Waals surface area contributed by atoms with E-state index in [2.05, 4.69) is 28.9 Å². The topological polar surface area (TPSA) is 85.0 Å². The van der Waals surface area contributed by atoms with Gasteiger partial charge in [-0.25, -0.2) is 0 Å². The zero-order valence-corrected chi connectivity index (χ0v) is 20.1. The molecule has 0 spiro atoms. The molecule has 32 heavy (non-hydrogen) atoms. The molecule has 2 heterocycles. The summed E-state index contributed by atoms with van der Waals surface area (Å²) < 4.78 is 3.56. The summed E-state index contributed by atoms with van der Waals surface area (Å²) in [5.74, 6) is 1.10. The van der Waals surface area contributed by atoms with Gasteiger partial charge in [-0.3, -0.25) is 14.2 Å². The van der Waals surface area contributed by atoms with E-state index in [4.69, 9.17) is 16.7 Å². The Labute approximate surface area is 193 Å². The van der Waals surface area contributed by atoms with E-state index in [0.29, 0.717) is 17.3 Å². The Balaban J connectivity index is 1.65. The van der Waals surface area contributed by atoms with Gasteiger partial charge in [-0.2, -0.15) is 10.2 Å². The number of hydrogen-bond acceptors (Lipinski definition) is 4. The minimum Gasteiger partial charge on any atom is -0.386 e. The van der Waals surface area contributed by atoms with Crippen LogP contribution in [-0.2, 0) is 12.6 Å². The van der Waals surface area contributed by atoms with Gasteiger partial charge in [0.05, 0.1) is 22.2 Å². The molecule has 8 heteroatoms. The van der Waals surface area contributed by atoms with E-state index in [1.165, 1.54) is 17.5 Å². The van der Waals surface area contributed by atoms with E-state index >= 15 is 0 Å². The van der Waals surface area contributed by atoms with Gasteiger partial charge in [0.1, 0.15) is 0 Å². The van der Waals surface area contributed by atoms with Crippen molar-refractivity contribution in [1.29, 1.82) is 0 Å². The molecule has 1 saturated carbocycles. The molecule has 0 saturated heterocycles. The van der Waals surface area contributed by atoms with Crippen molar-refractivity contribution in [3.63, 3.8) is 0 Å². The van der Waals surface area contributed by atoms with Gasteiger partial charge in [-0.1, -0.05) is 25.4 Å². The summed E-state index contributed by atoms with van der Waals surface area (Å²) >= 11 is 6.14. The summed E-state index contributed by atoms with van der Waals surface area (Å²) in [6.07, 6.45) is 8.31. The zero-order valence-electron chi connectivity index (χ0n) is 19.4. The van der Waals surface area contributed by atoms with Crippen molar-refractivity contribution in [2.24, 2.45) is 18.9 Å². The number of carbonyl (C=O) groups excluding carboxylic acids is 1. The van der Waals surface area contributed by atoms with Crippen LogP contribution in [0, 0.1) is 11.8 Å². The number of aryl methyl sites for hydroxylation is 1. The molecule has 0 aliphatic heterocycles. The van der Waals surface area contributed by atoms with Crippen LogP contribution in [0.2, 0.25) is 5.02 Å². The fourth-order valence-corrected chi connectivity index (χ4v) is 4.98. The minimum atomic E-state index is -1.16.